The number of halogens is 2. The molecule has 2 heterocycles. The highest BCUT2D eigenvalue weighted by atomic mass is 35.5. The Bertz CT molecular complexity index is 861. The number of aryl methyl sites for hydroxylation is 2. The molecule has 0 amide bonds. The van der Waals surface area contributed by atoms with Crippen LogP contribution in [0.2, 0.25) is 5.02 Å². The Morgan fingerprint density at radius 1 is 1.45 bits per heavy atom. The van der Waals surface area contributed by atoms with Crippen LogP contribution in [0.4, 0.5) is 4.39 Å². The summed E-state index contributed by atoms with van der Waals surface area (Å²) < 4.78 is 17.7. The third-order valence-electron chi connectivity index (χ3n) is 3.23. The SMILES string of the molecule is CCc1nn(C)c2c1[nH]c(=S)n2-c1ccc(Cl)c(F)c1. The minimum absolute atomic E-state index is 0.0892. The maximum Gasteiger partial charge on any atom is 0.184 e. The van der Waals surface area contributed by atoms with Gasteiger partial charge >= 0.3 is 0 Å². The highest BCUT2D eigenvalue weighted by Crippen LogP contribution is 2.24. The first-order valence-electron chi connectivity index (χ1n) is 6.15. The van der Waals surface area contributed by atoms with Crippen LogP contribution >= 0.6 is 23.8 Å². The van der Waals surface area contributed by atoms with Crippen LogP contribution in [0.3, 0.4) is 0 Å². The second-order valence-electron chi connectivity index (χ2n) is 4.49. The van der Waals surface area contributed by atoms with Gasteiger partial charge in [0.05, 0.1) is 16.4 Å². The van der Waals surface area contributed by atoms with E-state index in [2.05, 4.69) is 10.1 Å². The molecule has 3 rings (SSSR count). The van der Waals surface area contributed by atoms with Gasteiger partial charge in [0.25, 0.3) is 0 Å². The average molecular weight is 311 g/mol. The Balaban J connectivity index is 2.35. The van der Waals surface area contributed by atoms with Crippen LogP contribution in [0.15, 0.2) is 18.2 Å². The number of hydrogen-bond acceptors (Lipinski definition) is 2. The number of rotatable bonds is 2. The molecule has 7 heteroatoms. The summed E-state index contributed by atoms with van der Waals surface area (Å²) in [4.78, 5) is 3.14. The molecule has 0 bridgehead atoms. The lowest BCUT2D eigenvalue weighted by Crippen LogP contribution is -2.01. The van der Waals surface area contributed by atoms with Crippen LogP contribution in [0.1, 0.15) is 12.6 Å². The molecule has 0 saturated heterocycles. The highest BCUT2D eigenvalue weighted by molar-refractivity contribution is 7.71. The maximum atomic E-state index is 13.7. The van der Waals surface area contributed by atoms with E-state index >= 15 is 0 Å². The van der Waals surface area contributed by atoms with Crippen molar-refractivity contribution in [3.8, 4) is 5.69 Å². The maximum absolute atomic E-state index is 13.7. The van der Waals surface area contributed by atoms with Gasteiger partial charge in [-0.15, -0.1) is 0 Å². The summed E-state index contributed by atoms with van der Waals surface area (Å²) in [6, 6.07) is 4.61. The summed E-state index contributed by atoms with van der Waals surface area (Å²) >= 11 is 11.1. The van der Waals surface area contributed by atoms with Crippen molar-refractivity contribution in [1.29, 1.82) is 0 Å². The molecule has 0 atom stereocenters. The van der Waals surface area contributed by atoms with Crippen LogP contribution in [-0.4, -0.2) is 19.3 Å². The zero-order chi connectivity index (χ0) is 14.4. The summed E-state index contributed by atoms with van der Waals surface area (Å²) in [5.41, 5.74) is 3.25. The van der Waals surface area contributed by atoms with Gasteiger partial charge in [0.1, 0.15) is 11.3 Å². The van der Waals surface area contributed by atoms with Gasteiger partial charge < -0.3 is 4.98 Å². The first-order valence-corrected chi connectivity index (χ1v) is 6.93. The van der Waals surface area contributed by atoms with E-state index in [9.17, 15) is 4.39 Å². The van der Waals surface area contributed by atoms with Crippen molar-refractivity contribution >= 4 is 35.0 Å². The number of nitrogens with one attached hydrogen (secondary N) is 1. The van der Waals surface area contributed by atoms with Gasteiger partial charge in [-0.2, -0.15) is 5.10 Å². The molecule has 1 N–H and O–H groups in total. The van der Waals surface area contributed by atoms with E-state index in [-0.39, 0.29) is 5.02 Å². The quantitative estimate of drug-likeness (QED) is 0.732. The van der Waals surface area contributed by atoms with Crippen molar-refractivity contribution in [1.82, 2.24) is 19.3 Å². The first-order chi connectivity index (χ1) is 9.52. The fourth-order valence-corrected chi connectivity index (χ4v) is 2.74. The molecule has 2 aromatic heterocycles. The molecule has 0 radical (unpaired) electrons. The number of H-pyrrole nitrogens is 1. The van der Waals surface area contributed by atoms with Crippen LogP contribution < -0.4 is 0 Å². The van der Waals surface area contributed by atoms with E-state index in [0.29, 0.717) is 10.5 Å². The Labute approximate surface area is 124 Å². The van der Waals surface area contributed by atoms with Crippen LogP contribution in [0.25, 0.3) is 16.9 Å². The van der Waals surface area contributed by atoms with Crippen LogP contribution in [-0.2, 0) is 13.5 Å². The summed E-state index contributed by atoms with van der Waals surface area (Å²) in [6.45, 7) is 2.03. The molecule has 0 spiro atoms. The number of fused-ring (bicyclic) bond motifs is 1. The fourth-order valence-electron chi connectivity index (χ4n) is 2.32. The summed E-state index contributed by atoms with van der Waals surface area (Å²) in [7, 11) is 1.84. The van der Waals surface area contributed by atoms with Gasteiger partial charge in [0, 0.05) is 7.05 Å². The van der Waals surface area contributed by atoms with Gasteiger partial charge in [0.2, 0.25) is 0 Å². The third kappa shape index (κ3) is 1.87. The van der Waals surface area contributed by atoms with E-state index in [1.807, 2.05) is 14.0 Å². The minimum Gasteiger partial charge on any atom is -0.327 e. The van der Waals surface area contributed by atoms with Gasteiger partial charge in [-0.1, -0.05) is 18.5 Å². The molecule has 0 fully saturated rings. The predicted octanol–water partition coefficient (Wildman–Crippen LogP) is 3.78. The molecule has 1 aromatic carbocycles. The molecule has 0 aliphatic carbocycles. The lowest BCUT2D eigenvalue weighted by Gasteiger charge is -2.05. The van der Waals surface area contributed by atoms with E-state index in [1.165, 1.54) is 12.1 Å². The third-order valence-corrected chi connectivity index (χ3v) is 3.82. The molecule has 0 aliphatic rings. The fraction of sp³-hybridized carbons (Fsp3) is 0.231. The zero-order valence-corrected chi connectivity index (χ0v) is 12.5. The van der Waals surface area contributed by atoms with Gasteiger partial charge in [-0.3, -0.25) is 4.57 Å². The molecule has 0 saturated carbocycles. The first kappa shape index (κ1) is 13.3. The number of aromatic amines is 1. The lowest BCUT2D eigenvalue weighted by molar-refractivity contribution is 0.627. The van der Waals surface area contributed by atoms with Crippen molar-refractivity contribution in [3.63, 3.8) is 0 Å². The molecular formula is C13H12ClFN4S. The second kappa shape index (κ2) is 4.71. The Morgan fingerprint density at radius 3 is 2.85 bits per heavy atom. The van der Waals surface area contributed by atoms with E-state index < -0.39 is 5.82 Å². The van der Waals surface area contributed by atoms with Gasteiger partial charge in [-0.05, 0) is 36.8 Å². The smallest absolute Gasteiger partial charge is 0.184 e. The van der Waals surface area contributed by atoms with Crippen molar-refractivity contribution in [2.45, 2.75) is 13.3 Å². The van der Waals surface area contributed by atoms with Crippen molar-refractivity contribution in [2.24, 2.45) is 7.05 Å². The summed E-state index contributed by atoms with van der Waals surface area (Å²) in [6.07, 6.45) is 0.793. The molecular weight excluding hydrogens is 299 g/mol. The van der Waals surface area contributed by atoms with Crippen molar-refractivity contribution in [3.05, 3.63) is 39.5 Å². The van der Waals surface area contributed by atoms with Crippen LogP contribution in [0.5, 0.6) is 0 Å². The predicted molar refractivity (Wildman–Crippen MR) is 79.6 cm³/mol. The van der Waals surface area contributed by atoms with E-state index in [4.69, 9.17) is 23.8 Å². The lowest BCUT2D eigenvalue weighted by atomic mass is 10.3. The summed E-state index contributed by atoms with van der Waals surface area (Å²) in [5, 5.41) is 4.52. The molecule has 104 valence electrons. The van der Waals surface area contributed by atoms with E-state index in [1.54, 1.807) is 15.3 Å². The van der Waals surface area contributed by atoms with Gasteiger partial charge in [0.15, 0.2) is 10.4 Å². The summed E-state index contributed by atoms with van der Waals surface area (Å²) in [5.74, 6) is -0.474. The molecule has 3 aromatic rings. The number of imidazole rings is 1. The zero-order valence-electron chi connectivity index (χ0n) is 10.9. The Kier molecular flexibility index (Phi) is 3.14. The Hall–Kier alpha value is -1.66. The number of benzene rings is 1. The topological polar surface area (TPSA) is 38.5 Å². The normalized spacial score (nSPS) is 11.4. The average Bonchev–Trinajstić information content (AvgIpc) is 2.90. The van der Waals surface area contributed by atoms with E-state index in [0.717, 1.165) is 23.3 Å². The minimum atomic E-state index is -0.474. The molecule has 4 nitrogen and oxygen atoms in total. The van der Waals surface area contributed by atoms with Crippen LogP contribution in [0, 0.1) is 10.6 Å². The van der Waals surface area contributed by atoms with Crippen molar-refractivity contribution in [2.75, 3.05) is 0 Å². The Morgan fingerprint density at radius 2 is 2.20 bits per heavy atom. The number of aromatic nitrogens is 4. The number of hydrogen-bond donors (Lipinski definition) is 1. The monoisotopic (exact) mass is 310 g/mol. The standard InChI is InChI=1S/C13H12ClFN4S/c1-3-10-11-12(18(2)17-10)19(13(20)16-11)7-4-5-8(14)9(15)6-7/h4-6H,3H2,1-2H3,(H,16,20). The second-order valence-corrected chi connectivity index (χ2v) is 5.28. The molecule has 0 aliphatic heterocycles. The van der Waals surface area contributed by atoms with Gasteiger partial charge in [-0.25, -0.2) is 9.07 Å². The largest absolute Gasteiger partial charge is 0.327 e. The molecule has 20 heavy (non-hydrogen) atoms. The van der Waals surface area contributed by atoms with Crippen molar-refractivity contribution < 1.29 is 4.39 Å². The highest BCUT2D eigenvalue weighted by Gasteiger charge is 2.16. The molecule has 0 unspecified atom stereocenters. The number of nitrogens with zero attached hydrogens (tertiary/aromatic N) is 3.